The highest BCUT2D eigenvalue weighted by molar-refractivity contribution is 5.99. The van der Waals surface area contributed by atoms with Gasteiger partial charge in [-0.3, -0.25) is 10.6 Å². The Morgan fingerprint density at radius 1 is 1.11 bits per heavy atom. The van der Waals surface area contributed by atoms with E-state index >= 15 is 0 Å². The fourth-order valence-electron chi connectivity index (χ4n) is 2.01. The van der Waals surface area contributed by atoms with Gasteiger partial charge >= 0.3 is 0 Å². The zero-order chi connectivity index (χ0) is 13.9. The minimum absolute atomic E-state index is 0.0675. The molecular formula is C15H25N3O. The van der Waals surface area contributed by atoms with Crippen LogP contribution in [0.15, 0.2) is 24.3 Å². The first kappa shape index (κ1) is 15.5. The van der Waals surface area contributed by atoms with Crippen molar-refractivity contribution in [2.75, 3.05) is 12.0 Å². The highest BCUT2D eigenvalue weighted by Crippen LogP contribution is 2.13. The SMILES string of the molecule is CCCCCCCCNC(=O)c1ccccc1NN. The smallest absolute Gasteiger partial charge is 0.253 e. The maximum absolute atomic E-state index is 12.0. The maximum Gasteiger partial charge on any atom is 0.253 e. The van der Waals surface area contributed by atoms with Gasteiger partial charge in [0.1, 0.15) is 0 Å². The molecule has 19 heavy (non-hydrogen) atoms. The molecule has 0 aliphatic rings. The molecule has 0 aromatic heterocycles. The highest BCUT2D eigenvalue weighted by atomic mass is 16.1. The van der Waals surface area contributed by atoms with Crippen molar-refractivity contribution in [1.29, 1.82) is 0 Å². The molecule has 0 unspecified atom stereocenters. The molecule has 0 fully saturated rings. The van der Waals surface area contributed by atoms with E-state index in [0.29, 0.717) is 11.3 Å². The summed E-state index contributed by atoms with van der Waals surface area (Å²) in [6.45, 7) is 2.94. The first-order chi connectivity index (χ1) is 9.29. The number of carbonyl (C=O) groups excluding carboxylic acids is 1. The molecule has 4 heteroatoms. The van der Waals surface area contributed by atoms with E-state index in [1.165, 1.54) is 32.1 Å². The summed E-state index contributed by atoms with van der Waals surface area (Å²) in [6.07, 6.45) is 7.33. The number of nitrogen functional groups attached to an aromatic ring is 1. The van der Waals surface area contributed by atoms with Crippen LogP contribution in [-0.4, -0.2) is 12.5 Å². The summed E-state index contributed by atoms with van der Waals surface area (Å²) in [5.41, 5.74) is 3.79. The quantitative estimate of drug-likeness (QED) is 0.364. The molecule has 0 spiro atoms. The summed E-state index contributed by atoms with van der Waals surface area (Å²) in [4.78, 5) is 12.0. The number of hydrogen-bond donors (Lipinski definition) is 3. The molecule has 0 heterocycles. The third-order valence-corrected chi connectivity index (χ3v) is 3.14. The number of amides is 1. The fraction of sp³-hybridized carbons (Fsp3) is 0.533. The van der Waals surface area contributed by atoms with Crippen molar-refractivity contribution < 1.29 is 4.79 Å². The number of benzene rings is 1. The Kier molecular flexibility index (Phi) is 7.66. The Morgan fingerprint density at radius 2 is 1.79 bits per heavy atom. The van der Waals surface area contributed by atoms with Crippen LogP contribution in [0.2, 0.25) is 0 Å². The van der Waals surface area contributed by atoms with E-state index in [1.807, 2.05) is 12.1 Å². The van der Waals surface area contributed by atoms with Crippen LogP contribution in [-0.2, 0) is 0 Å². The Balaban J connectivity index is 2.24. The highest BCUT2D eigenvalue weighted by Gasteiger charge is 2.08. The summed E-state index contributed by atoms with van der Waals surface area (Å²) >= 11 is 0. The zero-order valence-corrected chi connectivity index (χ0v) is 11.7. The van der Waals surface area contributed by atoms with Crippen molar-refractivity contribution in [3.8, 4) is 0 Å². The van der Waals surface area contributed by atoms with Crippen LogP contribution in [0.1, 0.15) is 55.8 Å². The van der Waals surface area contributed by atoms with Gasteiger partial charge in [-0.15, -0.1) is 0 Å². The molecular weight excluding hydrogens is 238 g/mol. The van der Waals surface area contributed by atoms with Gasteiger partial charge < -0.3 is 10.7 Å². The van der Waals surface area contributed by atoms with Gasteiger partial charge in [-0.25, -0.2) is 0 Å². The fourth-order valence-corrected chi connectivity index (χ4v) is 2.01. The van der Waals surface area contributed by atoms with E-state index in [2.05, 4.69) is 17.7 Å². The zero-order valence-electron chi connectivity index (χ0n) is 11.7. The van der Waals surface area contributed by atoms with Crippen LogP contribution in [0.3, 0.4) is 0 Å². The van der Waals surface area contributed by atoms with Gasteiger partial charge in [0.2, 0.25) is 0 Å². The average Bonchev–Trinajstić information content (AvgIpc) is 2.46. The molecule has 0 aliphatic carbocycles. The Labute approximate surface area is 115 Å². The first-order valence-corrected chi connectivity index (χ1v) is 7.13. The van der Waals surface area contributed by atoms with Gasteiger partial charge in [0.25, 0.3) is 5.91 Å². The number of nitrogens with two attached hydrogens (primary N) is 1. The molecule has 1 amide bonds. The second kappa shape index (κ2) is 9.39. The largest absolute Gasteiger partial charge is 0.352 e. The summed E-state index contributed by atoms with van der Waals surface area (Å²) in [5, 5.41) is 2.93. The molecule has 4 N–H and O–H groups in total. The van der Waals surface area contributed by atoms with Crippen LogP contribution in [0.4, 0.5) is 5.69 Å². The molecule has 1 rings (SSSR count). The number of anilines is 1. The molecule has 0 saturated carbocycles. The molecule has 1 aromatic rings. The van der Waals surface area contributed by atoms with Crippen LogP contribution in [0, 0.1) is 0 Å². The number of unbranched alkanes of at least 4 members (excludes halogenated alkanes) is 5. The van der Waals surface area contributed by atoms with Crippen molar-refractivity contribution in [1.82, 2.24) is 5.32 Å². The minimum Gasteiger partial charge on any atom is -0.352 e. The number of hydrazine groups is 1. The molecule has 0 saturated heterocycles. The van der Waals surface area contributed by atoms with Crippen LogP contribution in [0.25, 0.3) is 0 Å². The van der Waals surface area contributed by atoms with Crippen LogP contribution >= 0.6 is 0 Å². The van der Waals surface area contributed by atoms with Crippen LogP contribution < -0.4 is 16.6 Å². The van der Waals surface area contributed by atoms with Gasteiger partial charge in [-0.1, -0.05) is 51.2 Å². The number of hydrogen-bond acceptors (Lipinski definition) is 3. The topological polar surface area (TPSA) is 67.2 Å². The number of para-hydroxylation sites is 1. The second-order valence-corrected chi connectivity index (χ2v) is 4.71. The average molecular weight is 263 g/mol. The summed E-state index contributed by atoms with van der Waals surface area (Å²) in [5.74, 6) is 5.31. The molecule has 0 radical (unpaired) electrons. The molecule has 106 valence electrons. The Hall–Kier alpha value is -1.55. The monoisotopic (exact) mass is 263 g/mol. The third-order valence-electron chi connectivity index (χ3n) is 3.14. The molecule has 0 bridgehead atoms. The van der Waals surface area contributed by atoms with Crippen molar-refractivity contribution in [3.05, 3.63) is 29.8 Å². The number of rotatable bonds is 9. The normalized spacial score (nSPS) is 10.2. The van der Waals surface area contributed by atoms with Gasteiger partial charge in [-0.05, 0) is 18.6 Å². The second-order valence-electron chi connectivity index (χ2n) is 4.71. The summed E-state index contributed by atoms with van der Waals surface area (Å²) < 4.78 is 0. The van der Waals surface area contributed by atoms with Crippen molar-refractivity contribution in [3.63, 3.8) is 0 Å². The van der Waals surface area contributed by atoms with E-state index in [1.54, 1.807) is 12.1 Å². The number of nitrogens with one attached hydrogen (secondary N) is 2. The predicted octanol–water partition coefficient (Wildman–Crippen LogP) is 3.06. The lowest BCUT2D eigenvalue weighted by Gasteiger charge is -2.09. The molecule has 4 nitrogen and oxygen atoms in total. The molecule has 0 atom stereocenters. The van der Waals surface area contributed by atoms with E-state index < -0.39 is 0 Å². The standard InChI is InChI=1S/C15H25N3O/c1-2-3-4-5-6-9-12-17-15(19)13-10-7-8-11-14(13)18-16/h7-8,10-11,18H,2-6,9,12,16H2,1H3,(H,17,19). The van der Waals surface area contributed by atoms with Crippen molar-refractivity contribution in [2.45, 2.75) is 45.4 Å². The first-order valence-electron chi connectivity index (χ1n) is 7.13. The van der Waals surface area contributed by atoms with Gasteiger partial charge in [0, 0.05) is 6.54 Å². The Morgan fingerprint density at radius 3 is 2.53 bits per heavy atom. The van der Waals surface area contributed by atoms with E-state index in [0.717, 1.165) is 13.0 Å². The van der Waals surface area contributed by atoms with E-state index in [9.17, 15) is 4.79 Å². The van der Waals surface area contributed by atoms with E-state index in [4.69, 9.17) is 5.84 Å². The van der Waals surface area contributed by atoms with Gasteiger partial charge in [0.15, 0.2) is 0 Å². The summed E-state index contributed by atoms with van der Waals surface area (Å²) in [7, 11) is 0. The number of carbonyl (C=O) groups is 1. The Bertz CT molecular complexity index is 379. The predicted molar refractivity (Wildman–Crippen MR) is 80.0 cm³/mol. The van der Waals surface area contributed by atoms with Crippen molar-refractivity contribution in [2.24, 2.45) is 5.84 Å². The lowest BCUT2D eigenvalue weighted by Crippen LogP contribution is -2.26. The molecule has 1 aromatic carbocycles. The van der Waals surface area contributed by atoms with E-state index in [-0.39, 0.29) is 5.91 Å². The van der Waals surface area contributed by atoms with Crippen molar-refractivity contribution >= 4 is 11.6 Å². The summed E-state index contributed by atoms with van der Waals surface area (Å²) in [6, 6.07) is 7.24. The van der Waals surface area contributed by atoms with Gasteiger partial charge in [0.05, 0.1) is 11.3 Å². The lowest BCUT2D eigenvalue weighted by atomic mass is 10.1. The van der Waals surface area contributed by atoms with Gasteiger partial charge in [-0.2, -0.15) is 0 Å². The maximum atomic E-state index is 12.0. The lowest BCUT2D eigenvalue weighted by molar-refractivity contribution is 0.0953. The van der Waals surface area contributed by atoms with Crippen LogP contribution in [0.5, 0.6) is 0 Å². The minimum atomic E-state index is -0.0675. The third kappa shape index (κ3) is 5.75. The molecule has 0 aliphatic heterocycles.